The monoisotopic (exact) mass is 248 g/mol. The number of carbonyl (C=O) groups is 1. The number of para-hydroxylation sites is 1. The molecule has 1 aromatic rings. The minimum Gasteiger partial charge on any atom is -0.398 e. The van der Waals surface area contributed by atoms with Crippen molar-refractivity contribution in [3.8, 4) is 0 Å². The minimum absolute atomic E-state index is 0.0206. The maximum atomic E-state index is 11.9. The highest BCUT2D eigenvalue weighted by molar-refractivity contribution is 5.80. The fourth-order valence-electron chi connectivity index (χ4n) is 2.24. The molecule has 4 heteroatoms. The number of nitrogens with one attached hydrogen (secondary N) is 1. The van der Waals surface area contributed by atoms with E-state index in [1.165, 1.54) is 0 Å². The fraction of sp³-hybridized carbons (Fsp3) is 0.500. The van der Waals surface area contributed by atoms with Gasteiger partial charge < -0.3 is 15.8 Å². The molecule has 2 unspecified atom stereocenters. The van der Waals surface area contributed by atoms with Crippen LogP contribution in [-0.4, -0.2) is 25.2 Å². The smallest absolute Gasteiger partial charge is 0.224 e. The number of amides is 1. The van der Waals surface area contributed by atoms with Gasteiger partial charge in [-0.05, 0) is 25.0 Å². The van der Waals surface area contributed by atoms with Crippen molar-refractivity contribution in [3.63, 3.8) is 0 Å². The van der Waals surface area contributed by atoms with Crippen LogP contribution in [0.1, 0.15) is 18.9 Å². The van der Waals surface area contributed by atoms with Crippen LogP contribution in [0.5, 0.6) is 0 Å². The van der Waals surface area contributed by atoms with Crippen LogP contribution < -0.4 is 11.1 Å². The van der Waals surface area contributed by atoms with Crippen molar-refractivity contribution in [3.05, 3.63) is 29.8 Å². The highest BCUT2D eigenvalue weighted by Gasteiger charge is 2.23. The summed E-state index contributed by atoms with van der Waals surface area (Å²) in [5, 5.41) is 3.02. The molecule has 0 radical (unpaired) electrons. The van der Waals surface area contributed by atoms with E-state index in [1.807, 2.05) is 31.2 Å². The predicted molar refractivity (Wildman–Crippen MR) is 71.1 cm³/mol. The normalized spacial score (nSPS) is 20.6. The van der Waals surface area contributed by atoms with E-state index in [2.05, 4.69) is 5.32 Å². The Morgan fingerprint density at radius 1 is 1.56 bits per heavy atom. The van der Waals surface area contributed by atoms with Crippen LogP contribution in [0.25, 0.3) is 0 Å². The van der Waals surface area contributed by atoms with Crippen LogP contribution >= 0.6 is 0 Å². The van der Waals surface area contributed by atoms with Crippen LogP contribution in [0, 0.1) is 5.92 Å². The van der Waals surface area contributed by atoms with E-state index in [4.69, 9.17) is 10.5 Å². The summed E-state index contributed by atoms with van der Waals surface area (Å²) < 4.78 is 5.33. The lowest BCUT2D eigenvalue weighted by atomic mass is 10.0. The molecule has 2 rings (SSSR count). The van der Waals surface area contributed by atoms with Crippen LogP contribution in [0.15, 0.2) is 24.3 Å². The quantitative estimate of drug-likeness (QED) is 0.791. The van der Waals surface area contributed by atoms with Gasteiger partial charge in [-0.2, -0.15) is 0 Å². The van der Waals surface area contributed by atoms with Gasteiger partial charge in [0.25, 0.3) is 0 Å². The molecule has 0 spiro atoms. The molecule has 1 aliphatic heterocycles. The van der Waals surface area contributed by atoms with Crippen molar-refractivity contribution in [1.29, 1.82) is 0 Å². The number of hydrogen-bond acceptors (Lipinski definition) is 3. The second-order valence-electron chi connectivity index (χ2n) is 4.86. The number of rotatable bonds is 4. The number of nitrogens with two attached hydrogens (primary N) is 1. The van der Waals surface area contributed by atoms with Gasteiger partial charge in [-0.15, -0.1) is 0 Å². The standard InChI is InChI=1S/C14H20N2O2/c1-10(12-6-7-18-9-12)16-14(17)8-11-4-2-3-5-13(11)15/h2-5,10,12H,6-9,15H2,1H3,(H,16,17). The van der Waals surface area contributed by atoms with Gasteiger partial charge in [0.15, 0.2) is 0 Å². The number of ether oxygens (including phenoxy) is 1. The summed E-state index contributed by atoms with van der Waals surface area (Å²) in [6.45, 7) is 3.58. The fourth-order valence-corrected chi connectivity index (χ4v) is 2.24. The summed E-state index contributed by atoms with van der Waals surface area (Å²) in [4.78, 5) is 11.9. The Labute approximate surface area is 108 Å². The van der Waals surface area contributed by atoms with Crippen molar-refractivity contribution >= 4 is 11.6 Å². The molecule has 2 atom stereocenters. The summed E-state index contributed by atoms with van der Waals surface area (Å²) in [5.41, 5.74) is 7.37. The van der Waals surface area contributed by atoms with Gasteiger partial charge in [0.2, 0.25) is 5.91 Å². The Morgan fingerprint density at radius 3 is 3.00 bits per heavy atom. The van der Waals surface area contributed by atoms with E-state index < -0.39 is 0 Å². The summed E-state index contributed by atoms with van der Waals surface area (Å²) in [5.74, 6) is 0.453. The van der Waals surface area contributed by atoms with E-state index in [1.54, 1.807) is 0 Å². The first-order valence-electron chi connectivity index (χ1n) is 6.37. The summed E-state index contributed by atoms with van der Waals surface area (Å²) in [6, 6.07) is 7.63. The van der Waals surface area contributed by atoms with Gasteiger partial charge in [-0.3, -0.25) is 4.79 Å². The predicted octanol–water partition coefficient (Wildman–Crippen LogP) is 1.35. The third kappa shape index (κ3) is 3.23. The molecule has 1 fully saturated rings. The number of anilines is 1. The Hall–Kier alpha value is -1.55. The Bertz CT molecular complexity index is 414. The zero-order valence-electron chi connectivity index (χ0n) is 10.7. The van der Waals surface area contributed by atoms with Crippen molar-refractivity contribution in [2.24, 2.45) is 5.92 Å². The third-order valence-corrected chi connectivity index (χ3v) is 3.47. The molecule has 1 aromatic carbocycles. The number of nitrogen functional groups attached to an aromatic ring is 1. The molecule has 98 valence electrons. The molecule has 0 bridgehead atoms. The zero-order chi connectivity index (χ0) is 13.0. The maximum absolute atomic E-state index is 11.9. The van der Waals surface area contributed by atoms with Gasteiger partial charge in [0.1, 0.15) is 0 Å². The van der Waals surface area contributed by atoms with E-state index in [0.29, 0.717) is 18.0 Å². The van der Waals surface area contributed by atoms with E-state index in [9.17, 15) is 4.79 Å². The van der Waals surface area contributed by atoms with Crippen LogP contribution in [0.3, 0.4) is 0 Å². The van der Waals surface area contributed by atoms with Crippen LogP contribution in [-0.2, 0) is 16.0 Å². The lowest BCUT2D eigenvalue weighted by molar-refractivity contribution is -0.121. The Kier molecular flexibility index (Phi) is 4.20. The minimum atomic E-state index is 0.0206. The van der Waals surface area contributed by atoms with Gasteiger partial charge in [0, 0.05) is 24.3 Å². The number of benzene rings is 1. The Balaban J connectivity index is 1.86. The van der Waals surface area contributed by atoms with Crippen molar-refractivity contribution in [2.45, 2.75) is 25.8 Å². The van der Waals surface area contributed by atoms with Gasteiger partial charge >= 0.3 is 0 Å². The van der Waals surface area contributed by atoms with Crippen molar-refractivity contribution < 1.29 is 9.53 Å². The summed E-state index contributed by atoms with van der Waals surface area (Å²) in [6.07, 6.45) is 1.36. The average Bonchev–Trinajstić information content (AvgIpc) is 2.85. The largest absolute Gasteiger partial charge is 0.398 e. The van der Waals surface area contributed by atoms with Crippen LogP contribution in [0.4, 0.5) is 5.69 Å². The Morgan fingerprint density at radius 2 is 2.33 bits per heavy atom. The molecule has 1 aliphatic rings. The lowest BCUT2D eigenvalue weighted by Crippen LogP contribution is -2.39. The maximum Gasteiger partial charge on any atom is 0.224 e. The second kappa shape index (κ2) is 5.87. The molecule has 0 saturated carbocycles. The first kappa shape index (κ1) is 12.9. The van der Waals surface area contributed by atoms with E-state index in [0.717, 1.165) is 25.2 Å². The van der Waals surface area contributed by atoms with Crippen molar-refractivity contribution in [1.82, 2.24) is 5.32 Å². The first-order chi connectivity index (χ1) is 8.66. The zero-order valence-corrected chi connectivity index (χ0v) is 10.7. The van der Waals surface area contributed by atoms with E-state index in [-0.39, 0.29) is 11.9 Å². The first-order valence-corrected chi connectivity index (χ1v) is 6.37. The molecule has 0 aliphatic carbocycles. The molecule has 1 saturated heterocycles. The molecular weight excluding hydrogens is 228 g/mol. The number of hydrogen-bond donors (Lipinski definition) is 2. The molecule has 1 heterocycles. The SMILES string of the molecule is CC(NC(=O)Cc1ccccc1N)C1CCOC1. The third-order valence-electron chi connectivity index (χ3n) is 3.47. The second-order valence-corrected chi connectivity index (χ2v) is 4.86. The highest BCUT2D eigenvalue weighted by atomic mass is 16.5. The highest BCUT2D eigenvalue weighted by Crippen LogP contribution is 2.17. The van der Waals surface area contributed by atoms with Crippen LogP contribution in [0.2, 0.25) is 0 Å². The molecule has 4 nitrogen and oxygen atoms in total. The number of carbonyl (C=O) groups excluding carboxylic acids is 1. The summed E-state index contributed by atoms with van der Waals surface area (Å²) in [7, 11) is 0. The van der Waals surface area contributed by atoms with E-state index >= 15 is 0 Å². The van der Waals surface area contributed by atoms with Crippen molar-refractivity contribution in [2.75, 3.05) is 18.9 Å². The topological polar surface area (TPSA) is 64.4 Å². The van der Waals surface area contributed by atoms with Gasteiger partial charge in [-0.25, -0.2) is 0 Å². The van der Waals surface area contributed by atoms with Gasteiger partial charge in [-0.1, -0.05) is 18.2 Å². The molecule has 1 amide bonds. The lowest BCUT2D eigenvalue weighted by Gasteiger charge is -2.19. The summed E-state index contributed by atoms with van der Waals surface area (Å²) >= 11 is 0. The molecule has 3 N–H and O–H groups in total. The average molecular weight is 248 g/mol. The molecule has 0 aromatic heterocycles. The molecular formula is C14H20N2O2. The van der Waals surface area contributed by atoms with Gasteiger partial charge in [0.05, 0.1) is 13.0 Å². The molecule has 18 heavy (non-hydrogen) atoms.